The molecule has 0 aliphatic rings. The molecule has 0 saturated heterocycles. The maximum atomic E-state index is 11.9. The van der Waals surface area contributed by atoms with E-state index in [1.54, 1.807) is 36.4 Å². The number of anilines is 1. The number of rotatable bonds is 7. The topological polar surface area (TPSA) is 73.9 Å². The van der Waals surface area contributed by atoms with Crippen LogP contribution in [0.15, 0.2) is 36.4 Å². The van der Waals surface area contributed by atoms with Crippen molar-refractivity contribution in [3.63, 3.8) is 0 Å². The first-order chi connectivity index (χ1) is 12.4. The second-order valence-corrected chi connectivity index (χ2v) is 5.95. The molecule has 0 saturated carbocycles. The van der Waals surface area contributed by atoms with E-state index in [0.29, 0.717) is 27.8 Å². The van der Waals surface area contributed by atoms with Crippen molar-refractivity contribution in [3.05, 3.63) is 52.5 Å². The van der Waals surface area contributed by atoms with E-state index in [4.69, 9.17) is 25.8 Å². The first-order valence-electron chi connectivity index (χ1n) is 7.85. The molecule has 0 fully saturated rings. The van der Waals surface area contributed by atoms with Crippen LogP contribution in [0, 0.1) is 6.92 Å². The molecule has 1 N–H and O–H groups in total. The zero-order valence-corrected chi connectivity index (χ0v) is 15.6. The van der Waals surface area contributed by atoms with Gasteiger partial charge in [-0.1, -0.05) is 23.7 Å². The van der Waals surface area contributed by atoms with Crippen molar-refractivity contribution in [1.29, 1.82) is 0 Å². The predicted octanol–water partition coefficient (Wildman–Crippen LogP) is 3.39. The standard InChI is InChI=1S/C19H20ClNO5/c1-12-4-6-14(10-15(12)20)21-18(22)11-26-19(23)9-13-5-7-16(24-2)17(8-13)25-3/h4-8,10H,9,11H2,1-3H3,(H,21,22). The summed E-state index contributed by atoms with van der Waals surface area (Å²) in [5, 5.41) is 3.17. The molecular weight excluding hydrogens is 358 g/mol. The zero-order chi connectivity index (χ0) is 19.1. The maximum Gasteiger partial charge on any atom is 0.310 e. The van der Waals surface area contributed by atoms with Gasteiger partial charge in [-0.05, 0) is 42.3 Å². The Balaban J connectivity index is 1.86. The molecule has 0 aliphatic carbocycles. The molecule has 7 heteroatoms. The molecule has 2 rings (SSSR count). The van der Waals surface area contributed by atoms with Crippen LogP contribution in [0.1, 0.15) is 11.1 Å². The number of amides is 1. The Kier molecular flexibility index (Phi) is 6.86. The fourth-order valence-corrected chi connectivity index (χ4v) is 2.40. The van der Waals surface area contributed by atoms with Crippen LogP contribution in [0.2, 0.25) is 5.02 Å². The first kappa shape index (κ1) is 19.6. The van der Waals surface area contributed by atoms with Crippen LogP contribution in [0.5, 0.6) is 11.5 Å². The molecule has 138 valence electrons. The average Bonchev–Trinajstić information content (AvgIpc) is 2.63. The van der Waals surface area contributed by atoms with E-state index in [2.05, 4.69) is 5.32 Å². The van der Waals surface area contributed by atoms with Crippen molar-refractivity contribution in [2.24, 2.45) is 0 Å². The largest absolute Gasteiger partial charge is 0.493 e. The van der Waals surface area contributed by atoms with Crippen LogP contribution in [0.3, 0.4) is 0 Å². The molecule has 6 nitrogen and oxygen atoms in total. The fourth-order valence-electron chi connectivity index (χ4n) is 2.22. The van der Waals surface area contributed by atoms with Crippen molar-refractivity contribution in [3.8, 4) is 11.5 Å². The summed E-state index contributed by atoms with van der Waals surface area (Å²) in [5.41, 5.74) is 2.14. The molecule has 0 radical (unpaired) electrons. The van der Waals surface area contributed by atoms with Crippen LogP contribution >= 0.6 is 11.6 Å². The Hall–Kier alpha value is -2.73. The van der Waals surface area contributed by atoms with Crippen LogP contribution in [0.4, 0.5) is 5.69 Å². The molecule has 0 bridgehead atoms. The number of hydrogen-bond acceptors (Lipinski definition) is 5. The van der Waals surface area contributed by atoms with Crippen molar-refractivity contribution < 1.29 is 23.8 Å². The summed E-state index contributed by atoms with van der Waals surface area (Å²) >= 11 is 6.01. The number of ether oxygens (including phenoxy) is 3. The Morgan fingerprint density at radius 3 is 2.42 bits per heavy atom. The van der Waals surface area contributed by atoms with E-state index in [1.165, 1.54) is 14.2 Å². The second kappa shape index (κ2) is 9.10. The van der Waals surface area contributed by atoms with Gasteiger partial charge in [-0.15, -0.1) is 0 Å². The first-order valence-corrected chi connectivity index (χ1v) is 8.23. The lowest BCUT2D eigenvalue weighted by Crippen LogP contribution is -2.21. The molecule has 2 aromatic rings. The highest BCUT2D eigenvalue weighted by Crippen LogP contribution is 2.27. The quantitative estimate of drug-likeness (QED) is 0.749. The van der Waals surface area contributed by atoms with Crippen molar-refractivity contribution in [1.82, 2.24) is 0 Å². The van der Waals surface area contributed by atoms with E-state index in [0.717, 1.165) is 5.56 Å². The molecule has 0 aliphatic heterocycles. The number of methoxy groups -OCH3 is 2. The maximum absolute atomic E-state index is 11.9. The molecule has 0 heterocycles. The number of halogens is 1. The smallest absolute Gasteiger partial charge is 0.310 e. The lowest BCUT2D eigenvalue weighted by Gasteiger charge is -2.10. The summed E-state index contributed by atoms with van der Waals surface area (Å²) in [5.74, 6) is 0.132. The van der Waals surface area contributed by atoms with Crippen LogP contribution in [0.25, 0.3) is 0 Å². The molecular formula is C19H20ClNO5. The van der Waals surface area contributed by atoms with Crippen molar-refractivity contribution in [2.75, 3.05) is 26.1 Å². The lowest BCUT2D eigenvalue weighted by atomic mass is 10.1. The van der Waals surface area contributed by atoms with Gasteiger partial charge in [-0.3, -0.25) is 9.59 Å². The predicted molar refractivity (Wildman–Crippen MR) is 99.0 cm³/mol. The molecule has 0 atom stereocenters. The number of carbonyl (C=O) groups is 2. The minimum atomic E-state index is -0.519. The molecule has 2 aromatic carbocycles. The van der Waals surface area contributed by atoms with Gasteiger partial charge in [0, 0.05) is 10.7 Å². The van der Waals surface area contributed by atoms with E-state index >= 15 is 0 Å². The van der Waals surface area contributed by atoms with Crippen molar-refractivity contribution in [2.45, 2.75) is 13.3 Å². The Morgan fingerprint density at radius 1 is 1.04 bits per heavy atom. The van der Waals surface area contributed by atoms with Gasteiger partial charge in [-0.2, -0.15) is 0 Å². The fraction of sp³-hybridized carbons (Fsp3) is 0.263. The summed E-state index contributed by atoms with van der Waals surface area (Å²) in [4.78, 5) is 23.8. The van der Waals surface area contributed by atoms with Gasteiger partial charge in [0.05, 0.1) is 20.6 Å². The highest BCUT2D eigenvalue weighted by molar-refractivity contribution is 6.31. The summed E-state index contributed by atoms with van der Waals surface area (Å²) in [6, 6.07) is 10.3. The van der Waals surface area contributed by atoms with Crippen molar-refractivity contribution >= 4 is 29.2 Å². The number of benzene rings is 2. The highest BCUT2D eigenvalue weighted by Gasteiger charge is 2.11. The molecule has 0 aromatic heterocycles. The van der Waals surface area contributed by atoms with Gasteiger partial charge >= 0.3 is 5.97 Å². The van der Waals surface area contributed by atoms with E-state index in [1.807, 2.05) is 6.92 Å². The molecule has 26 heavy (non-hydrogen) atoms. The number of nitrogens with one attached hydrogen (secondary N) is 1. The van der Waals surface area contributed by atoms with Crippen LogP contribution in [-0.4, -0.2) is 32.7 Å². The number of hydrogen-bond donors (Lipinski definition) is 1. The van der Waals surface area contributed by atoms with Gasteiger partial charge in [0.2, 0.25) is 0 Å². The Labute approximate surface area is 157 Å². The van der Waals surface area contributed by atoms with Gasteiger partial charge < -0.3 is 19.5 Å². The third kappa shape index (κ3) is 5.39. The highest BCUT2D eigenvalue weighted by atomic mass is 35.5. The number of aryl methyl sites for hydroxylation is 1. The molecule has 0 spiro atoms. The third-order valence-electron chi connectivity index (χ3n) is 3.62. The van der Waals surface area contributed by atoms with Gasteiger partial charge in [-0.25, -0.2) is 0 Å². The minimum absolute atomic E-state index is 0.0179. The Bertz CT molecular complexity index is 807. The van der Waals surface area contributed by atoms with Crippen LogP contribution < -0.4 is 14.8 Å². The number of carbonyl (C=O) groups excluding carboxylic acids is 2. The zero-order valence-electron chi connectivity index (χ0n) is 14.8. The second-order valence-electron chi connectivity index (χ2n) is 5.54. The minimum Gasteiger partial charge on any atom is -0.493 e. The monoisotopic (exact) mass is 377 g/mol. The third-order valence-corrected chi connectivity index (χ3v) is 4.02. The summed E-state index contributed by atoms with van der Waals surface area (Å²) < 4.78 is 15.3. The summed E-state index contributed by atoms with van der Waals surface area (Å²) in [6.07, 6.45) is 0.0179. The van der Waals surface area contributed by atoms with Gasteiger partial charge in [0.15, 0.2) is 18.1 Å². The summed E-state index contributed by atoms with van der Waals surface area (Å²) in [7, 11) is 3.05. The SMILES string of the molecule is COc1ccc(CC(=O)OCC(=O)Nc2ccc(C)c(Cl)c2)cc1OC. The molecule has 1 amide bonds. The average molecular weight is 378 g/mol. The Morgan fingerprint density at radius 2 is 1.77 bits per heavy atom. The van der Waals surface area contributed by atoms with E-state index in [-0.39, 0.29) is 13.0 Å². The normalized spacial score (nSPS) is 10.2. The van der Waals surface area contributed by atoms with E-state index in [9.17, 15) is 9.59 Å². The van der Waals surface area contributed by atoms with E-state index < -0.39 is 11.9 Å². The molecule has 0 unspecified atom stereocenters. The van der Waals surface area contributed by atoms with Gasteiger partial charge in [0.25, 0.3) is 5.91 Å². The lowest BCUT2D eigenvalue weighted by molar-refractivity contribution is -0.146. The summed E-state index contributed by atoms with van der Waals surface area (Å²) in [6.45, 7) is 1.49. The van der Waals surface area contributed by atoms with Crippen LogP contribution in [-0.2, 0) is 20.7 Å². The number of esters is 1. The van der Waals surface area contributed by atoms with Gasteiger partial charge in [0.1, 0.15) is 0 Å².